The van der Waals surface area contributed by atoms with Crippen LogP contribution >= 0.6 is 11.6 Å². The molecule has 0 saturated heterocycles. The van der Waals surface area contributed by atoms with Gasteiger partial charge in [-0.1, -0.05) is 17.5 Å². The molecule has 3 N–H and O–H groups in total. The predicted molar refractivity (Wildman–Crippen MR) is 73.4 cm³/mol. The third-order valence-corrected chi connectivity index (χ3v) is 3.29. The summed E-state index contributed by atoms with van der Waals surface area (Å²) in [6.07, 6.45) is 6.65. The van der Waals surface area contributed by atoms with Crippen LogP contribution in [0.1, 0.15) is 6.42 Å². The molecule has 0 aliphatic carbocycles. The number of anilines is 1. The van der Waals surface area contributed by atoms with Gasteiger partial charge >= 0.3 is 0 Å². The van der Waals surface area contributed by atoms with Crippen molar-refractivity contribution in [1.82, 2.24) is 9.78 Å². The van der Waals surface area contributed by atoms with Gasteiger partial charge in [-0.15, -0.1) is 6.42 Å². The van der Waals surface area contributed by atoms with Crippen molar-refractivity contribution in [1.29, 1.82) is 0 Å². The first-order chi connectivity index (χ1) is 8.85. The summed E-state index contributed by atoms with van der Waals surface area (Å²) in [5.41, 5.74) is -0.317. The summed E-state index contributed by atoms with van der Waals surface area (Å²) in [4.78, 5) is 11.9. The second kappa shape index (κ2) is 6.56. The van der Waals surface area contributed by atoms with Crippen LogP contribution in [-0.2, 0) is 16.6 Å². The molecule has 7 nitrogen and oxygen atoms in total. The average Bonchev–Trinajstić information content (AvgIpc) is 2.30. The Kier molecular flexibility index (Phi) is 5.35. The van der Waals surface area contributed by atoms with Crippen molar-refractivity contribution in [2.24, 2.45) is 5.14 Å². The van der Waals surface area contributed by atoms with E-state index in [1.807, 2.05) is 0 Å². The van der Waals surface area contributed by atoms with E-state index in [0.717, 1.165) is 4.68 Å². The van der Waals surface area contributed by atoms with Gasteiger partial charge in [-0.05, 0) is 6.42 Å². The Hall–Kier alpha value is -1.56. The van der Waals surface area contributed by atoms with Crippen molar-refractivity contribution in [2.45, 2.75) is 13.0 Å². The van der Waals surface area contributed by atoms with Crippen LogP contribution in [0.3, 0.4) is 0 Å². The predicted octanol–water partition coefficient (Wildman–Crippen LogP) is -0.380. The van der Waals surface area contributed by atoms with E-state index in [1.54, 1.807) is 0 Å². The zero-order valence-electron chi connectivity index (χ0n) is 9.97. The monoisotopic (exact) mass is 304 g/mol. The van der Waals surface area contributed by atoms with Gasteiger partial charge in [0.15, 0.2) is 0 Å². The summed E-state index contributed by atoms with van der Waals surface area (Å²) in [5.74, 6) is 2.11. The van der Waals surface area contributed by atoms with Crippen molar-refractivity contribution in [3.05, 3.63) is 21.6 Å². The van der Waals surface area contributed by atoms with Gasteiger partial charge in [0.2, 0.25) is 10.0 Å². The highest BCUT2D eigenvalue weighted by molar-refractivity contribution is 7.89. The maximum atomic E-state index is 11.9. The molecule has 0 radical (unpaired) electrons. The molecule has 1 rings (SSSR count). The maximum absolute atomic E-state index is 11.9. The summed E-state index contributed by atoms with van der Waals surface area (Å²) in [6.45, 7) is 0.271. The Balaban J connectivity index is 2.76. The Morgan fingerprint density at radius 2 is 2.26 bits per heavy atom. The lowest BCUT2D eigenvalue weighted by Gasteiger charge is -2.08. The van der Waals surface area contributed by atoms with Crippen molar-refractivity contribution in [2.75, 3.05) is 17.6 Å². The molecule has 0 fully saturated rings. The van der Waals surface area contributed by atoms with Gasteiger partial charge in [0, 0.05) is 6.54 Å². The van der Waals surface area contributed by atoms with E-state index in [-0.39, 0.29) is 36.0 Å². The van der Waals surface area contributed by atoms with E-state index in [0.29, 0.717) is 0 Å². The molecule has 1 aromatic heterocycles. The lowest BCUT2D eigenvalue weighted by Crippen LogP contribution is -2.26. The number of aromatic nitrogens is 2. The molecule has 0 aliphatic rings. The molecule has 104 valence electrons. The number of nitrogens with two attached hydrogens (primary N) is 1. The lowest BCUT2D eigenvalue weighted by atomic mass is 10.4. The van der Waals surface area contributed by atoms with Crippen LogP contribution in [0.15, 0.2) is 11.0 Å². The highest BCUT2D eigenvalue weighted by Crippen LogP contribution is 2.14. The standard InChI is InChI=1S/C10H13ClN4O3S/c1-2-5-15-10(16)9(8(11)7-14-15)13-4-3-6-19(12,17)18/h1,7,13H,3-6H2,(H2,12,17,18). The third kappa shape index (κ3) is 4.90. The Labute approximate surface area is 115 Å². The minimum Gasteiger partial charge on any atom is -0.379 e. The molecule has 0 atom stereocenters. The van der Waals surface area contributed by atoms with Crippen LogP contribution in [0.4, 0.5) is 5.69 Å². The van der Waals surface area contributed by atoms with Crippen LogP contribution in [0.2, 0.25) is 5.02 Å². The maximum Gasteiger partial charge on any atom is 0.292 e. The summed E-state index contributed by atoms with van der Waals surface area (Å²) >= 11 is 5.84. The van der Waals surface area contributed by atoms with Crippen LogP contribution in [0.5, 0.6) is 0 Å². The minimum absolute atomic E-state index is 0.0296. The second-order valence-corrected chi connectivity index (χ2v) is 5.82. The molecule has 0 unspecified atom stereocenters. The zero-order chi connectivity index (χ0) is 14.5. The number of nitrogens with zero attached hydrogens (tertiary/aromatic N) is 2. The van der Waals surface area contributed by atoms with Gasteiger partial charge in [0.1, 0.15) is 12.2 Å². The molecule has 1 aromatic rings. The molecular weight excluding hydrogens is 292 g/mol. The SMILES string of the molecule is C#CCn1ncc(Cl)c(NCCCS(N)(=O)=O)c1=O. The number of hydrogen-bond acceptors (Lipinski definition) is 5. The minimum atomic E-state index is -3.51. The van der Waals surface area contributed by atoms with Crippen molar-refractivity contribution in [3.63, 3.8) is 0 Å². The number of hydrogen-bond donors (Lipinski definition) is 2. The molecule has 0 spiro atoms. The molecular formula is C10H13ClN4O3S. The van der Waals surface area contributed by atoms with E-state index < -0.39 is 15.6 Å². The van der Waals surface area contributed by atoms with E-state index in [1.165, 1.54) is 6.20 Å². The van der Waals surface area contributed by atoms with Crippen LogP contribution < -0.4 is 16.0 Å². The fourth-order valence-corrected chi connectivity index (χ4v) is 2.05. The lowest BCUT2D eigenvalue weighted by molar-refractivity contribution is 0.595. The fourth-order valence-electron chi connectivity index (χ4n) is 1.31. The first-order valence-electron chi connectivity index (χ1n) is 5.28. The molecule has 0 bridgehead atoms. The molecule has 9 heteroatoms. The Morgan fingerprint density at radius 3 is 2.84 bits per heavy atom. The molecule has 0 amide bonds. The number of halogens is 1. The van der Waals surface area contributed by atoms with Gasteiger partial charge in [-0.2, -0.15) is 5.10 Å². The average molecular weight is 305 g/mol. The molecule has 1 heterocycles. The molecule has 19 heavy (non-hydrogen) atoms. The highest BCUT2D eigenvalue weighted by Gasteiger charge is 2.09. The summed E-state index contributed by atoms with van der Waals surface area (Å²) in [6, 6.07) is 0. The molecule has 0 aromatic carbocycles. The summed E-state index contributed by atoms with van der Waals surface area (Å²) in [7, 11) is -3.51. The van der Waals surface area contributed by atoms with E-state index in [4.69, 9.17) is 23.2 Å². The first kappa shape index (κ1) is 15.5. The van der Waals surface area contributed by atoms with Crippen LogP contribution in [-0.4, -0.2) is 30.5 Å². The van der Waals surface area contributed by atoms with E-state index in [2.05, 4.69) is 16.3 Å². The molecule has 0 saturated carbocycles. The fraction of sp³-hybridized carbons (Fsp3) is 0.400. The number of rotatable bonds is 6. The van der Waals surface area contributed by atoms with Crippen LogP contribution in [0.25, 0.3) is 0 Å². The second-order valence-electron chi connectivity index (χ2n) is 3.68. The zero-order valence-corrected chi connectivity index (χ0v) is 11.5. The largest absolute Gasteiger partial charge is 0.379 e. The van der Waals surface area contributed by atoms with Gasteiger partial charge in [0.05, 0.1) is 17.0 Å². The summed E-state index contributed by atoms with van der Waals surface area (Å²) < 4.78 is 22.6. The van der Waals surface area contributed by atoms with Gasteiger partial charge < -0.3 is 5.32 Å². The Bertz CT molecular complexity index is 648. The van der Waals surface area contributed by atoms with Gasteiger partial charge in [-0.3, -0.25) is 4.79 Å². The topological polar surface area (TPSA) is 107 Å². The highest BCUT2D eigenvalue weighted by atomic mass is 35.5. The number of nitrogens with one attached hydrogen (secondary N) is 1. The molecule has 0 aliphatic heterocycles. The number of terminal acetylenes is 1. The number of primary sulfonamides is 1. The smallest absolute Gasteiger partial charge is 0.292 e. The van der Waals surface area contributed by atoms with Crippen molar-refractivity contribution >= 4 is 27.3 Å². The van der Waals surface area contributed by atoms with Crippen molar-refractivity contribution in [3.8, 4) is 12.3 Å². The summed E-state index contributed by atoms with van der Waals surface area (Å²) in [5, 5.41) is 11.5. The first-order valence-corrected chi connectivity index (χ1v) is 7.38. The third-order valence-electron chi connectivity index (χ3n) is 2.15. The van der Waals surface area contributed by atoms with Crippen LogP contribution in [0, 0.1) is 12.3 Å². The number of sulfonamides is 1. The van der Waals surface area contributed by atoms with E-state index in [9.17, 15) is 13.2 Å². The Morgan fingerprint density at radius 1 is 1.58 bits per heavy atom. The van der Waals surface area contributed by atoms with E-state index >= 15 is 0 Å². The van der Waals surface area contributed by atoms with Gasteiger partial charge in [0.25, 0.3) is 5.56 Å². The van der Waals surface area contributed by atoms with Crippen molar-refractivity contribution < 1.29 is 8.42 Å². The van der Waals surface area contributed by atoms with Gasteiger partial charge in [-0.25, -0.2) is 18.2 Å². The normalized spacial score (nSPS) is 11.0. The quantitative estimate of drug-likeness (QED) is 0.550.